The van der Waals surface area contributed by atoms with Gasteiger partial charge in [-0.25, -0.2) is 4.98 Å². The van der Waals surface area contributed by atoms with Gasteiger partial charge in [0.05, 0.1) is 5.52 Å². The van der Waals surface area contributed by atoms with Gasteiger partial charge in [0.25, 0.3) is 0 Å². The maximum absolute atomic E-state index is 12.5. The molecule has 0 unspecified atom stereocenters. The van der Waals surface area contributed by atoms with Crippen LogP contribution in [0.25, 0.3) is 10.9 Å². The van der Waals surface area contributed by atoms with Crippen molar-refractivity contribution in [3.63, 3.8) is 0 Å². The Balaban J connectivity index is 1.67. The first kappa shape index (κ1) is 15.8. The zero-order valence-corrected chi connectivity index (χ0v) is 14.0. The zero-order chi connectivity index (χ0) is 16.2. The average molecular weight is 311 g/mol. The maximum Gasteiger partial charge on any atom is 0.225 e. The first-order valence-electron chi connectivity index (χ1n) is 8.62. The van der Waals surface area contributed by atoms with Gasteiger partial charge in [-0.15, -0.1) is 0 Å². The molecule has 23 heavy (non-hydrogen) atoms. The summed E-state index contributed by atoms with van der Waals surface area (Å²) in [6.45, 7) is 7.50. The summed E-state index contributed by atoms with van der Waals surface area (Å²) in [5.74, 6) is 1.51. The van der Waals surface area contributed by atoms with Crippen LogP contribution in [-0.2, 0) is 4.79 Å². The molecule has 0 bridgehead atoms. The van der Waals surface area contributed by atoms with Gasteiger partial charge in [-0.1, -0.05) is 32.0 Å². The van der Waals surface area contributed by atoms with Gasteiger partial charge in [0, 0.05) is 37.5 Å². The average Bonchev–Trinajstić information content (AvgIpc) is 2.62. The Morgan fingerprint density at radius 2 is 1.74 bits per heavy atom. The second kappa shape index (κ2) is 6.99. The molecule has 1 aromatic carbocycles. The van der Waals surface area contributed by atoms with Crippen LogP contribution in [0, 0.1) is 5.92 Å². The van der Waals surface area contributed by atoms with Crippen LogP contribution in [0.2, 0.25) is 0 Å². The summed E-state index contributed by atoms with van der Waals surface area (Å²) in [5.41, 5.74) is 1.03. The van der Waals surface area contributed by atoms with Gasteiger partial charge < -0.3 is 9.80 Å². The number of para-hydroxylation sites is 1. The second-order valence-electron chi connectivity index (χ2n) is 6.19. The van der Waals surface area contributed by atoms with Crippen molar-refractivity contribution in [2.75, 3.05) is 31.1 Å². The van der Waals surface area contributed by atoms with E-state index in [9.17, 15) is 4.79 Å². The van der Waals surface area contributed by atoms with Crippen LogP contribution >= 0.6 is 0 Å². The van der Waals surface area contributed by atoms with Crippen LogP contribution in [0.15, 0.2) is 36.4 Å². The van der Waals surface area contributed by atoms with Gasteiger partial charge >= 0.3 is 0 Å². The lowest BCUT2D eigenvalue weighted by Gasteiger charge is -2.37. The highest BCUT2D eigenvalue weighted by Gasteiger charge is 2.25. The molecule has 1 amide bonds. The number of aromatic nitrogens is 1. The lowest BCUT2D eigenvalue weighted by molar-refractivity contribution is -0.136. The molecule has 0 spiro atoms. The van der Waals surface area contributed by atoms with Gasteiger partial charge in [0.1, 0.15) is 5.82 Å². The normalized spacial score (nSPS) is 15.4. The van der Waals surface area contributed by atoms with E-state index in [1.165, 1.54) is 5.39 Å². The second-order valence-corrected chi connectivity index (χ2v) is 6.19. The molecule has 4 nitrogen and oxygen atoms in total. The summed E-state index contributed by atoms with van der Waals surface area (Å²) in [4.78, 5) is 21.5. The summed E-state index contributed by atoms with van der Waals surface area (Å²) >= 11 is 0. The molecular weight excluding hydrogens is 286 g/mol. The van der Waals surface area contributed by atoms with Gasteiger partial charge in [0.15, 0.2) is 0 Å². The van der Waals surface area contributed by atoms with Crippen molar-refractivity contribution < 1.29 is 4.79 Å². The van der Waals surface area contributed by atoms with Crippen molar-refractivity contribution in [2.45, 2.75) is 26.7 Å². The molecule has 0 saturated carbocycles. The van der Waals surface area contributed by atoms with E-state index in [1.54, 1.807) is 0 Å². The summed E-state index contributed by atoms with van der Waals surface area (Å²) in [5, 5.41) is 1.17. The number of nitrogens with zero attached hydrogens (tertiary/aromatic N) is 3. The number of anilines is 1. The topological polar surface area (TPSA) is 36.4 Å². The number of pyridine rings is 1. The third kappa shape index (κ3) is 3.31. The number of benzene rings is 1. The van der Waals surface area contributed by atoms with E-state index in [0.29, 0.717) is 5.91 Å². The van der Waals surface area contributed by atoms with Gasteiger partial charge in [-0.3, -0.25) is 4.79 Å². The molecule has 0 radical (unpaired) electrons. The quantitative estimate of drug-likeness (QED) is 0.869. The fourth-order valence-electron chi connectivity index (χ4n) is 3.28. The standard InChI is InChI=1S/C19H25N3O/c1-3-15(4-2)19(23)22-13-11-21(12-14-22)18-10-9-16-7-5-6-8-17(16)20-18/h5-10,15H,3-4,11-14H2,1-2H3. The zero-order valence-electron chi connectivity index (χ0n) is 14.0. The highest BCUT2D eigenvalue weighted by atomic mass is 16.2. The van der Waals surface area contributed by atoms with Crippen LogP contribution in [0.4, 0.5) is 5.82 Å². The first-order chi connectivity index (χ1) is 11.2. The lowest BCUT2D eigenvalue weighted by Crippen LogP contribution is -2.50. The molecule has 0 atom stereocenters. The van der Waals surface area contributed by atoms with Crippen molar-refractivity contribution in [2.24, 2.45) is 5.92 Å². The molecule has 2 heterocycles. The highest BCUT2D eigenvalue weighted by molar-refractivity contribution is 5.81. The Bertz CT molecular complexity index is 673. The molecule has 1 saturated heterocycles. The fourth-order valence-corrected chi connectivity index (χ4v) is 3.28. The number of rotatable bonds is 4. The number of carbonyl (C=O) groups is 1. The van der Waals surface area contributed by atoms with Gasteiger partial charge in [0.2, 0.25) is 5.91 Å². The summed E-state index contributed by atoms with van der Waals surface area (Å²) in [6.07, 6.45) is 1.86. The molecular formula is C19H25N3O. The van der Waals surface area contributed by atoms with E-state index in [0.717, 1.165) is 50.4 Å². The molecule has 0 N–H and O–H groups in total. The van der Waals surface area contributed by atoms with E-state index >= 15 is 0 Å². The molecule has 122 valence electrons. The number of amides is 1. The molecule has 4 heteroatoms. The summed E-state index contributed by atoms with van der Waals surface area (Å²) < 4.78 is 0. The minimum atomic E-state index is 0.181. The molecule has 0 aliphatic carbocycles. The predicted molar refractivity (Wildman–Crippen MR) is 94.6 cm³/mol. The Morgan fingerprint density at radius 1 is 1.04 bits per heavy atom. The summed E-state index contributed by atoms with van der Waals surface area (Å²) in [7, 11) is 0. The van der Waals surface area contributed by atoms with Crippen molar-refractivity contribution in [1.29, 1.82) is 0 Å². The minimum Gasteiger partial charge on any atom is -0.353 e. The molecule has 1 fully saturated rings. The SMILES string of the molecule is CCC(CC)C(=O)N1CCN(c2ccc3ccccc3n2)CC1. The van der Waals surface area contributed by atoms with E-state index in [2.05, 4.69) is 36.9 Å². The number of hydrogen-bond donors (Lipinski definition) is 0. The smallest absolute Gasteiger partial charge is 0.225 e. The summed E-state index contributed by atoms with van der Waals surface area (Å²) in [6, 6.07) is 12.4. The molecule has 1 aromatic heterocycles. The van der Waals surface area contributed by atoms with E-state index < -0.39 is 0 Å². The number of piperazine rings is 1. The molecule has 3 rings (SSSR count). The lowest BCUT2D eigenvalue weighted by atomic mass is 10.0. The van der Waals surface area contributed by atoms with E-state index in [1.807, 2.05) is 23.1 Å². The molecule has 1 aliphatic heterocycles. The Morgan fingerprint density at radius 3 is 2.43 bits per heavy atom. The number of fused-ring (bicyclic) bond motifs is 1. The first-order valence-corrected chi connectivity index (χ1v) is 8.62. The Hall–Kier alpha value is -2.10. The maximum atomic E-state index is 12.5. The number of carbonyl (C=O) groups excluding carboxylic acids is 1. The van der Waals surface area contributed by atoms with Crippen LogP contribution in [0.1, 0.15) is 26.7 Å². The third-order valence-corrected chi connectivity index (χ3v) is 4.83. The minimum absolute atomic E-state index is 0.181. The number of hydrogen-bond acceptors (Lipinski definition) is 3. The van der Waals surface area contributed by atoms with Crippen LogP contribution < -0.4 is 4.90 Å². The van der Waals surface area contributed by atoms with E-state index in [-0.39, 0.29) is 5.92 Å². The van der Waals surface area contributed by atoms with Gasteiger partial charge in [-0.05, 0) is 31.0 Å². The highest BCUT2D eigenvalue weighted by Crippen LogP contribution is 2.20. The molecule has 1 aliphatic rings. The predicted octanol–water partition coefficient (Wildman–Crippen LogP) is 3.32. The van der Waals surface area contributed by atoms with Crippen LogP contribution in [-0.4, -0.2) is 42.0 Å². The largest absolute Gasteiger partial charge is 0.353 e. The van der Waals surface area contributed by atoms with Crippen molar-refractivity contribution in [1.82, 2.24) is 9.88 Å². The third-order valence-electron chi connectivity index (χ3n) is 4.83. The Kier molecular flexibility index (Phi) is 4.79. The van der Waals surface area contributed by atoms with E-state index in [4.69, 9.17) is 4.98 Å². The monoisotopic (exact) mass is 311 g/mol. The fraction of sp³-hybridized carbons (Fsp3) is 0.474. The Labute approximate surface area is 138 Å². The van der Waals surface area contributed by atoms with Crippen LogP contribution in [0.3, 0.4) is 0 Å². The van der Waals surface area contributed by atoms with Gasteiger partial charge in [-0.2, -0.15) is 0 Å². The van der Waals surface area contributed by atoms with Crippen molar-refractivity contribution in [3.05, 3.63) is 36.4 Å². The van der Waals surface area contributed by atoms with Crippen molar-refractivity contribution in [3.8, 4) is 0 Å². The molecule has 2 aromatic rings. The van der Waals surface area contributed by atoms with Crippen molar-refractivity contribution >= 4 is 22.6 Å². The van der Waals surface area contributed by atoms with Crippen LogP contribution in [0.5, 0.6) is 0 Å².